The van der Waals surface area contributed by atoms with Crippen molar-refractivity contribution in [1.82, 2.24) is 5.43 Å². The fraction of sp³-hybridized carbons (Fsp3) is 0.235. The lowest BCUT2D eigenvalue weighted by molar-refractivity contribution is -0.124. The van der Waals surface area contributed by atoms with Crippen LogP contribution in [0, 0.1) is 6.92 Å². The van der Waals surface area contributed by atoms with Crippen molar-refractivity contribution in [3.05, 3.63) is 47.9 Å². The Hall–Kier alpha value is -3.09. The molecule has 0 aliphatic rings. The summed E-state index contributed by atoms with van der Waals surface area (Å²) >= 11 is 0. The predicted octanol–water partition coefficient (Wildman–Crippen LogP) is 2.47. The molecule has 0 saturated carbocycles. The molecule has 24 heavy (non-hydrogen) atoms. The van der Waals surface area contributed by atoms with Crippen molar-refractivity contribution in [2.45, 2.75) is 19.8 Å². The third kappa shape index (κ3) is 5.60. The van der Waals surface area contributed by atoms with Crippen molar-refractivity contribution in [2.24, 2.45) is 5.10 Å². The van der Waals surface area contributed by atoms with Gasteiger partial charge in [-0.1, -0.05) is 0 Å². The number of furan rings is 1. The van der Waals surface area contributed by atoms with Crippen LogP contribution in [0.5, 0.6) is 5.75 Å². The van der Waals surface area contributed by atoms with E-state index in [0.29, 0.717) is 17.2 Å². The molecule has 0 fully saturated rings. The Kier molecular flexibility index (Phi) is 6.13. The van der Waals surface area contributed by atoms with E-state index in [1.54, 1.807) is 43.5 Å². The Morgan fingerprint density at radius 1 is 1.12 bits per heavy atom. The van der Waals surface area contributed by atoms with Gasteiger partial charge in [-0.3, -0.25) is 9.59 Å². The number of carbonyl (C=O) groups excluding carboxylic acids is 2. The van der Waals surface area contributed by atoms with Gasteiger partial charge in [-0.2, -0.15) is 5.10 Å². The molecule has 1 aromatic heterocycles. The first kappa shape index (κ1) is 17.3. The fourth-order valence-electron chi connectivity index (χ4n) is 1.87. The van der Waals surface area contributed by atoms with Crippen LogP contribution in [0.4, 0.5) is 5.69 Å². The van der Waals surface area contributed by atoms with Crippen LogP contribution in [-0.4, -0.2) is 25.1 Å². The normalized spacial score (nSPS) is 10.6. The van der Waals surface area contributed by atoms with E-state index in [9.17, 15) is 9.59 Å². The Morgan fingerprint density at radius 3 is 2.46 bits per heavy atom. The van der Waals surface area contributed by atoms with E-state index in [2.05, 4.69) is 15.8 Å². The summed E-state index contributed by atoms with van der Waals surface area (Å²) in [6.45, 7) is 1.82. The van der Waals surface area contributed by atoms with Crippen LogP contribution < -0.4 is 15.5 Å². The Morgan fingerprint density at radius 2 is 1.83 bits per heavy atom. The molecule has 0 aliphatic heterocycles. The van der Waals surface area contributed by atoms with Gasteiger partial charge in [0, 0.05) is 18.5 Å². The Labute approximate surface area is 139 Å². The van der Waals surface area contributed by atoms with Gasteiger partial charge < -0.3 is 14.5 Å². The molecule has 0 unspecified atom stereocenters. The summed E-state index contributed by atoms with van der Waals surface area (Å²) in [6.07, 6.45) is 1.51. The summed E-state index contributed by atoms with van der Waals surface area (Å²) in [5.41, 5.74) is 2.99. The Balaban J connectivity index is 1.70. The molecule has 2 rings (SSSR count). The van der Waals surface area contributed by atoms with Crippen LogP contribution in [-0.2, 0) is 9.59 Å². The number of nitrogens with zero attached hydrogens (tertiary/aromatic N) is 1. The van der Waals surface area contributed by atoms with Gasteiger partial charge in [0.25, 0.3) is 0 Å². The summed E-state index contributed by atoms with van der Waals surface area (Å²) in [6, 6.07) is 10.5. The molecule has 1 heterocycles. The molecule has 0 radical (unpaired) electrons. The molecule has 0 saturated heterocycles. The topological polar surface area (TPSA) is 92.9 Å². The van der Waals surface area contributed by atoms with E-state index in [-0.39, 0.29) is 24.7 Å². The number of ether oxygens (including phenoxy) is 1. The molecule has 126 valence electrons. The predicted molar refractivity (Wildman–Crippen MR) is 90.0 cm³/mol. The highest BCUT2D eigenvalue weighted by atomic mass is 16.5. The number of amides is 2. The van der Waals surface area contributed by atoms with E-state index < -0.39 is 0 Å². The molecule has 7 nitrogen and oxygen atoms in total. The largest absolute Gasteiger partial charge is 0.497 e. The highest BCUT2D eigenvalue weighted by molar-refractivity contribution is 5.93. The van der Waals surface area contributed by atoms with Crippen LogP contribution in [0.15, 0.2) is 45.9 Å². The van der Waals surface area contributed by atoms with Crippen LogP contribution in [0.3, 0.4) is 0 Å². The zero-order chi connectivity index (χ0) is 17.4. The van der Waals surface area contributed by atoms with Gasteiger partial charge in [0.15, 0.2) is 0 Å². The number of anilines is 1. The SMILES string of the molecule is COc1ccc(NC(=O)CCC(=O)NN=Cc2ccc(C)o2)cc1. The van der Waals surface area contributed by atoms with E-state index in [4.69, 9.17) is 9.15 Å². The van der Waals surface area contributed by atoms with E-state index in [0.717, 1.165) is 5.76 Å². The van der Waals surface area contributed by atoms with Crippen molar-refractivity contribution in [3.63, 3.8) is 0 Å². The number of carbonyl (C=O) groups is 2. The molecule has 0 bridgehead atoms. The van der Waals surface area contributed by atoms with Gasteiger partial charge in [-0.25, -0.2) is 5.43 Å². The number of nitrogens with one attached hydrogen (secondary N) is 2. The van der Waals surface area contributed by atoms with Gasteiger partial charge in [0.2, 0.25) is 11.8 Å². The fourth-order valence-corrected chi connectivity index (χ4v) is 1.87. The van der Waals surface area contributed by atoms with E-state index >= 15 is 0 Å². The third-order valence-corrected chi connectivity index (χ3v) is 3.10. The van der Waals surface area contributed by atoms with Crippen molar-refractivity contribution >= 4 is 23.7 Å². The monoisotopic (exact) mass is 329 g/mol. The minimum atomic E-state index is -0.348. The number of hydrogen-bond donors (Lipinski definition) is 2. The average molecular weight is 329 g/mol. The summed E-state index contributed by atoms with van der Waals surface area (Å²) in [4.78, 5) is 23.4. The quantitative estimate of drug-likeness (QED) is 0.603. The van der Waals surface area contributed by atoms with Crippen LogP contribution in [0.1, 0.15) is 24.4 Å². The van der Waals surface area contributed by atoms with Crippen LogP contribution in [0.25, 0.3) is 0 Å². The number of benzene rings is 1. The molecule has 0 spiro atoms. The highest BCUT2D eigenvalue weighted by Gasteiger charge is 2.07. The smallest absolute Gasteiger partial charge is 0.240 e. The number of methoxy groups -OCH3 is 1. The van der Waals surface area contributed by atoms with Gasteiger partial charge >= 0.3 is 0 Å². The van der Waals surface area contributed by atoms with E-state index in [1.807, 2.05) is 6.92 Å². The van der Waals surface area contributed by atoms with Crippen molar-refractivity contribution in [3.8, 4) is 5.75 Å². The molecular formula is C17H19N3O4. The lowest BCUT2D eigenvalue weighted by atomic mass is 10.2. The second kappa shape index (κ2) is 8.52. The molecule has 0 atom stereocenters. The molecule has 1 aromatic carbocycles. The van der Waals surface area contributed by atoms with Gasteiger partial charge in [-0.15, -0.1) is 0 Å². The molecule has 2 N–H and O–H groups in total. The zero-order valence-corrected chi connectivity index (χ0v) is 13.5. The summed E-state index contributed by atoms with van der Waals surface area (Å²) in [5, 5.41) is 6.48. The maximum Gasteiger partial charge on any atom is 0.240 e. The standard InChI is InChI=1S/C17H19N3O4/c1-12-3-6-15(24-12)11-18-20-17(22)10-9-16(21)19-13-4-7-14(23-2)8-5-13/h3-8,11H,9-10H2,1-2H3,(H,19,21)(H,20,22). The lowest BCUT2D eigenvalue weighted by Gasteiger charge is -2.06. The lowest BCUT2D eigenvalue weighted by Crippen LogP contribution is -2.20. The molecule has 2 amide bonds. The summed E-state index contributed by atoms with van der Waals surface area (Å²) in [5.74, 6) is 1.42. The maximum atomic E-state index is 11.8. The second-order valence-electron chi connectivity index (χ2n) is 5.02. The van der Waals surface area contributed by atoms with Gasteiger partial charge in [0.05, 0.1) is 13.3 Å². The molecular weight excluding hydrogens is 310 g/mol. The van der Waals surface area contributed by atoms with Crippen LogP contribution in [0.2, 0.25) is 0 Å². The van der Waals surface area contributed by atoms with Gasteiger partial charge in [0.1, 0.15) is 17.3 Å². The van der Waals surface area contributed by atoms with Crippen molar-refractivity contribution in [1.29, 1.82) is 0 Å². The minimum Gasteiger partial charge on any atom is -0.497 e. The van der Waals surface area contributed by atoms with Crippen LogP contribution >= 0.6 is 0 Å². The first-order valence-electron chi connectivity index (χ1n) is 7.39. The maximum absolute atomic E-state index is 11.8. The third-order valence-electron chi connectivity index (χ3n) is 3.10. The number of aryl methyl sites for hydroxylation is 1. The number of hydrogen-bond acceptors (Lipinski definition) is 5. The Bertz CT molecular complexity index is 720. The van der Waals surface area contributed by atoms with Crippen molar-refractivity contribution < 1.29 is 18.7 Å². The number of hydrazone groups is 1. The first-order valence-corrected chi connectivity index (χ1v) is 7.39. The van der Waals surface area contributed by atoms with Gasteiger partial charge in [-0.05, 0) is 43.3 Å². The minimum absolute atomic E-state index is 0.0382. The highest BCUT2D eigenvalue weighted by Crippen LogP contribution is 2.15. The zero-order valence-electron chi connectivity index (χ0n) is 13.5. The summed E-state index contributed by atoms with van der Waals surface area (Å²) < 4.78 is 10.3. The molecule has 2 aromatic rings. The number of rotatable bonds is 7. The molecule has 0 aliphatic carbocycles. The molecule has 7 heteroatoms. The second-order valence-corrected chi connectivity index (χ2v) is 5.02. The average Bonchev–Trinajstić information content (AvgIpc) is 2.99. The summed E-state index contributed by atoms with van der Waals surface area (Å²) in [7, 11) is 1.57. The first-order chi connectivity index (χ1) is 11.6. The van der Waals surface area contributed by atoms with E-state index in [1.165, 1.54) is 6.21 Å². The van der Waals surface area contributed by atoms with Crippen molar-refractivity contribution in [2.75, 3.05) is 12.4 Å².